The molecule has 6 aromatic rings. The van der Waals surface area contributed by atoms with Gasteiger partial charge in [-0.3, -0.25) is 4.79 Å². The Morgan fingerprint density at radius 2 is 1.89 bits per heavy atom. The van der Waals surface area contributed by atoms with Crippen molar-refractivity contribution >= 4 is 63.5 Å². The first-order chi connectivity index (χ1) is 17.6. The molecule has 5 N–H and O–H groups in total. The number of imidazole rings is 1. The molecule has 0 saturated carbocycles. The molecule has 0 atom stereocenters. The van der Waals surface area contributed by atoms with Gasteiger partial charge in [-0.25, -0.2) is 9.61 Å². The maximum atomic E-state index is 13.0. The van der Waals surface area contributed by atoms with E-state index in [9.17, 15) is 9.90 Å². The molecule has 2 aromatic carbocycles. The maximum absolute atomic E-state index is 13.0. The van der Waals surface area contributed by atoms with E-state index in [0.717, 1.165) is 11.0 Å². The first kappa shape index (κ1) is 24.0. The number of fused-ring (bicyclic) bond motifs is 2. The van der Waals surface area contributed by atoms with E-state index >= 15 is 0 Å². The average molecular weight is 538 g/mol. The highest BCUT2D eigenvalue weighted by molar-refractivity contribution is 7.98. The van der Waals surface area contributed by atoms with Crippen molar-refractivity contribution in [1.82, 2.24) is 40.3 Å². The predicted octanol–water partition coefficient (Wildman–Crippen LogP) is 3.93. The van der Waals surface area contributed by atoms with Crippen LogP contribution in [0.4, 0.5) is 11.5 Å². The number of nitrogens with two attached hydrogens (primary N) is 1. The first-order valence-electron chi connectivity index (χ1n) is 10.4. The van der Waals surface area contributed by atoms with Crippen molar-refractivity contribution in [2.24, 2.45) is 10.2 Å². The fourth-order valence-corrected chi connectivity index (χ4v) is 4.47. The normalized spacial score (nSPS) is 11.5. The van der Waals surface area contributed by atoms with E-state index in [2.05, 4.69) is 50.4 Å². The molecule has 0 fully saturated rings. The van der Waals surface area contributed by atoms with Gasteiger partial charge in [0.05, 0.1) is 22.2 Å². The SMILES string of the molecule is Cl.Nc1nonc1-n1nnc(C(=O)N=Nc2c(O)[nH]c3ccccc23)c1CSc1nc2ccccc2[nH]1. The van der Waals surface area contributed by atoms with Gasteiger partial charge in [0.1, 0.15) is 0 Å². The number of nitrogen functional groups attached to an aromatic ring is 1. The van der Waals surface area contributed by atoms with Crippen LogP contribution in [0.5, 0.6) is 5.88 Å². The molecule has 0 aliphatic carbocycles. The Morgan fingerprint density at radius 3 is 2.68 bits per heavy atom. The monoisotopic (exact) mass is 537 g/mol. The average Bonchev–Trinajstić information content (AvgIpc) is 3.65. The lowest BCUT2D eigenvalue weighted by molar-refractivity contribution is 0.0989. The zero-order valence-electron chi connectivity index (χ0n) is 18.6. The van der Waals surface area contributed by atoms with Crippen LogP contribution in [0.25, 0.3) is 27.8 Å². The van der Waals surface area contributed by atoms with Crippen molar-refractivity contribution in [2.75, 3.05) is 5.73 Å². The molecule has 0 radical (unpaired) electrons. The number of hydrogen-bond acceptors (Lipinski definition) is 11. The molecular weight excluding hydrogens is 522 g/mol. The summed E-state index contributed by atoms with van der Waals surface area (Å²) >= 11 is 1.32. The third-order valence-corrected chi connectivity index (χ3v) is 6.16. The summed E-state index contributed by atoms with van der Waals surface area (Å²) in [6.07, 6.45) is 0. The molecule has 0 saturated heterocycles. The standard InChI is InChI=1S/C21H15N11O3S.ClH/c22-17-18(30-35-29-17)32-14(9-36-21-24-12-7-3-4-8-13(12)25-21)16(27-31-32)20(34)28-26-15-10-5-1-2-6-11(10)23-19(15)33;/h1-8,23,33H,9H2,(H2,22,29)(H,24,25);1H. The Balaban J connectivity index is 0.00000280. The van der Waals surface area contributed by atoms with Crippen LogP contribution in [-0.2, 0) is 5.75 Å². The number of aromatic amines is 2. The number of thioether (sulfide) groups is 1. The second-order valence-corrected chi connectivity index (χ2v) is 8.45. The van der Waals surface area contributed by atoms with Crippen molar-refractivity contribution in [3.8, 4) is 11.7 Å². The number of aromatic hydroxyl groups is 1. The lowest BCUT2D eigenvalue weighted by Crippen LogP contribution is -2.07. The molecule has 14 nitrogen and oxygen atoms in total. The number of rotatable bonds is 6. The summed E-state index contributed by atoms with van der Waals surface area (Å²) < 4.78 is 5.94. The summed E-state index contributed by atoms with van der Waals surface area (Å²) in [6, 6.07) is 14.7. The highest BCUT2D eigenvalue weighted by Gasteiger charge is 2.25. The zero-order chi connectivity index (χ0) is 24.6. The number of nitrogens with zero attached hydrogens (tertiary/aromatic N) is 8. The van der Waals surface area contributed by atoms with Gasteiger partial charge in [0.15, 0.2) is 16.5 Å². The summed E-state index contributed by atoms with van der Waals surface area (Å²) in [5, 5.41) is 34.5. The van der Waals surface area contributed by atoms with Gasteiger partial charge < -0.3 is 20.8 Å². The number of nitrogens with one attached hydrogen (secondary N) is 2. The summed E-state index contributed by atoms with van der Waals surface area (Å²) in [5.74, 6) is -0.736. The minimum Gasteiger partial charge on any atom is -0.493 e. The summed E-state index contributed by atoms with van der Waals surface area (Å²) in [6.45, 7) is 0. The van der Waals surface area contributed by atoms with Gasteiger partial charge in [-0.15, -0.1) is 27.7 Å². The third-order valence-electron chi connectivity index (χ3n) is 5.28. The summed E-state index contributed by atoms with van der Waals surface area (Å²) in [5.41, 5.74) is 8.55. The van der Waals surface area contributed by atoms with Crippen molar-refractivity contribution < 1.29 is 14.5 Å². The van der Waals surface area contributed by atoms with Crippen molar-refractivity contribution in [3.05, 3.63) is 59.9 Å². The number of azo groups is 1. The number of H-pyrrole nitrogens is 2. The van der Waals surface area contributed by atoms with Crippen LogP contribution in [0.2, 0.25) is 0 Å². The van der Waals surface area contributed by atoms with Crippen molar-refractivity contribution in [1.29, 1.82) is 0 Å². The molecule has 0 aliphatic rings. The van der Waals surface area contributed by atoms with Crippen LogP contribution in [0.1, 0.15) is 16.2 Å². The Kier molecular flexibility index (Phi) is 6.29. The highest BCUT2D eigenvalue weighted by Crippen LogP contribution is 2.35. The number of carbonyl (C=O) groups excluding carboxylic acids is 1. The van der Waals surface area contributed by atoms with Gasteiger partial charge in [-0.2, -0.15) is 4.68 Å². The van der Waals surface area contributed by atoms with Crippen LogP contribution in [0.3, 0.4) is 0 Å². The Bertz CT molecular complexity index is 1740. The fourth-order valence-electron chi connectivity index (χ4n) is 3.60. The fraction of sp³-hybridized carbons (Fsp3) is 0.0476. The molecule has 4 aromatic heterocycles. The Morgan fingerprint density at radius 1 is 1.11 bits per heavy atom. The second kappa shape index (κ2) is 9.71. The first-order valence-corrected chi connectivity index (χ1v) is 11.4. The second-order valence-electron chi connectivity index (χ2n) is 7.49. The molecule has 37 heavy (non-hydrogen) atoms. The Hall–Kier alpha value is -4.76. The van der Waals surface area contributed by atoms with Gasteiger partial charge in [0, 0.05) is 11.1 Å². The molecule has 16 heteroatoms. The highest BCUT2D eigenvalue weighted by atomic mass is 35.5. The molecule has 0 bridgehead atoms. The molecule has 0 unspecified atom stereocenters. The van der Waals surface area contributed by atoms with Gasteiger partial charge in [-0.05, 0) is 28.5 Å². The third kappa shape index (κ3) is 4.36. The number of para-hydroxylation sites is 3. The van der Waals surface area contributed by atoms with E-state index < -0.39 is 5.91 Å². The van der Waals surface area contributed by atoms with E-state index in [1.807, 2.05) is 24.3 Å². The molecule has 6 rings (SSSR count). The summed E-state index contributed by atoms with van der Waals surface area (Å²) in [4.78, 5) is 23.6. The van der Waals surface area contributed by atoms with Crippen LogP contribution < -0.4 is 5.73 Å². The van der Waals surface area contributed by atoms with Gasteiger partial charge in [0.25, 0.3) is 0 Å². The quantitative estimate of drug-likeness (QED) is 0.178. The van der Waals surface area contributed by atoms with Crippen molar-refractivity contribution in [3.63, 3.8) is 0 Å². The molecule has 0 aliphatic heterocycles. The topological polar surface area (TPSA) is 202 Å². The number of anilines is 1. The minimum absolute atomic E-state index is 0. The lowest BCUT2D eigenvalue weighted by atomic mass is 10.2. The number of amides is 1. The van der Waals surface area contributed by atoms with Crippen LogP contribution >= 0.6 is 24.2 Å². The van der Waals surface area contributed by atoms with Crippen molar-refractivity contribution in [2.45, 2.75) is 10.9 Å². The van der Waals surface area contributed by atoms with Gasteiger partial charge in [-0.1, -0.05) is 47.3 Å². The number of halogens is 1. The predicted molar refractivity (Wildman–Crippen MR) is 135 cm³/mol. The number of benzene rings is 2. The van der Waals surface area contributed by atoms with Crippen LogP contribution in [0.15, 0.2) is 68.5 Å². The largest absolute Gasteiger partial charge is 0.493 e. The molecule has 4 heterocycles. The summed E-state index contributed by atoms with van der Waals surface area (Å²) in [7, 11) is 0. The lowest BCUT2D eigenvalue weighted by Gasteiger charge is -2.03. The van der Waals surface area contributed by atoms with E-state index in [4.69, 9.17) is 5.73 Å². The van der Waals surface area contributed by atoms with E-state index in [0.29, 0.717) is 21.8 Å². The smallest absolute Gasteiger partial charge is 0.317 e. The number of hydrogen-bond donors (Lipinski definition) is 4. The maximum Gasteiger partial charge on any atom is 0.317 e. The minimum atomic E-state index is -0.777. The van der Waals surface area contributed by atoms with Gasteiger partial charge >= 0.3 is 5.91 Å². The van der Waals surface area contributed by atoms with Crippen LogP contribution in [0, 0.1) is 0 Å². The van der Waals surface area contributed by atoms with Gasteiger partial charge in [0.2, 0.25) is 17.5 Å². The molecular formula is C21H16ClN11O3S. The van der Waals surface area contributed by atoms with E-state index in [-0.39, 0.29) is 47.1 Å². The molecule has 0 spiro atoms. The zero-order valence-corrected chi connectivity index (χ0v) is 20.2. The number of carbonyl (C=O) groups is 1. The molecule has 1 amide bonds. The van der Waals surface area contributed by atoms with E-state index in [1.165, 1.54) is 16.4 Å². The van der Waals surface area contributed by atoms with Crippen LogP contribution in [-0.4, -0.2) is 51.3 Å². The molecule has 186 valence electrons. The Labute approximate surface area is 216 Å². The van der Waals surface area contributed by atoms with E-state index in [1.54, 1.807) is 24.3 Å². The number of aromatic nitrogens is 8.